The SMILES string of the molecule is CCc1c(NN)cccc1C(C)C. The molecule has 0 aliphatic heterocycles. The molecule has 0 aromatic heterocycles. The molecule has 1 rings (SSSR count). The molecular formula is C11H18N2. The molecule has 0 unspecified atom stereocenters. The Labute approximate surface area is 80.1 Å². The molecule has 0 aliphatic carbocycles. The van der Waals surface area contributed by atoms with Gasteiger partial charge in [-0.3, -0.25) is 5.84 Å². The Kier molecular flexibility index (Phi) is 3.32. The second-order valence-electron chi connectivity index (χ2n) is 3.53. The summed E-state index contributed by atoms with van der Waals surface area (Å²) in [6.45, 7) is 6.56. The molecule has 3 N–H and O–H groups in total. The monoisotopic (exact) mass is 178 g/mol. The molecule has 0 heterocycles. The largest absolute Gasteiger partial charge is 0.324 e. The van der Waals surface area contributed by atoms with Crippen LogP contribution < -0.4 is 11.3 Å². The maximum absolute atomic E-state index is 5.45. The summed E-state index contributed by atoms with van der Waals surface area (Å²) < 4.78 is 0. The van der Waals surface area contributed by atoms with Crippen LogP contribution in [-0.4, -0.2) is 0 Å². The fourth-order valence-corrected chi connectivity index (χ4v) is 1.68. The lowest BCUT2D eigenvalue weighted by atomic mass is 9.94. The molecule has 0 amide bonds. The second kappa shape index (κ2) is 4.28. The van der Waals surface area contributed by atoms with Crippen LogP contribution in [0.3, 0.4) is 0 Å². The second-order valence-corrected chi connectivity index (χ2v) is 3.53. The van der Waals surface area contributed by atoms with E-state index in [0.717, 1.165) is 12.1 Å². The van der Waals surface area contributed by atoms with Gasteiger partial charge in [0.25, 0.3) is 0 Å². The maximum Gasteiger partial charge on any atom is 0.0519 e. The van der Waals surface area contributed by atoms with Crippen LogP contribution in [0, 0.1) is 0 Å². The molecule has 0 atom stereocenters. The molecule has 1 aromatic carbocycles. The van der Waals surface area contributed by atoms with Crippen molar-refractivity contribution >= 4 is 5.69 Å². The number of anilines is 1. The third-order valence-corrected chi connectivity index (χ3v) is 2.34. The van der Waals surface area contributed by atoms with Gasteiger partial charge in [-0.15, -0.1) is 0 Å². The molecule has 2 nitrogen and oxygen atoms in total. The Bertz CT molecular complexity index is 279. The van der Waals surface area contributed by atoms with Gasteiger partial charge in [0.05, 0.1) is 5.69 Å². The van der Waals surface area contributed by atoms with Crippen LogP contribution in [-0.2, 0) is 6.42 Å². The van der Waals surface area contributed by atoms with Crippen molar-refractivity contribution in [1.82, 2.24) is 0 Å². The van der Waals surface area contributed by atoms with E-state index in [4.69, 9.17) is 5.84 Å². The van der Waals surface area contributed by atoms with Crippen LogP contribution in [0.2, 0.25) is 0 Å². The van der Waals surface area contributed by atoms with Crippen molar-refractivity contribution in [1.29, 1.82) is 0 Å². The van der Waals surface area contributed by atoms with Gasteiger partial charge in [-0.25, -0.2) is 0 Å². The molecule has 0 aliphatic rings. The molecule has 0 saturated carbocycles. The first-order valence-electron chi connectivity index (χ1n) is 4.79. The summed E-state index contributed by atoms with van der Waals surface area (Å²) in [5.74, 6) is 6.00. The fourth-order valence-electron chi connectivity index (χ4n) is 1.68. The van der Waals surface area contributed by atoms with E-state index >= 15 is 0 Å². The number of nitrogen functional groups attached to an aromatic ring is 1. The first-order valence-corrected chi connectivity index (χ1v) is 4.79. The summed E-state index contributed by atoms with van der Waals surface area (Å²) >= 11 is 0. The number of hydrogen-bond acceptors (Lipinski definition) is 2. The number of benzene rings is 1. The first-order chi connectivity index (χ1) is 6.20. The van der Waals surface area contributed by atoms with Gasteiger partial charge in [-0.2, -0.15) is 0 Å². The number of nitrogens with one attached hydrogen (secondary N) is 1. The number of rotatable bonds is 3. The summed E-state index contributed by atoms with van der Waals surface area (Å²) in [4.78, 5) is 0. The highest BCUT2D eigenvalue weighted by molar-refractivity contribution is 5.54. The van der Waals surface area contributed by atoms with E-state index < -0.39 is 0 Å². The van der Waals surface area contributed by atoms with Gasteiger partial charge in [0.15, 0.2) is 0 Å². The quantitative estimate of drug-likeness (QED) is 0.551. The fraction of sp³-hybridized carbons (Fsp3) is 0.455. The highest BCUT2D eigenvalue weighted by atomic mass is 15.2. The van der Waals surface area contributed by atoms with Crippen molar-refractivity contribution in [3.8, 4) is 0 Å². The molecule has 2 heteroatoms. The lowest BCUT2D eigenvalue weighted by Gasteiger charge is -2.15. The van der Waals surface area contributed by atoms with Gasteiger partial charge in [-0.1, -0.05) is 32.9 Å². The topological polar surface area (TPSA) is 38.0 Å². The molecule has 0 saturated heterocycles. The van der Waals surface area contributed by atoms with Crippen LogP contribution >= 0.6 is 0 Å². The maximum atomic E-state index is 5.45. The van der Waals surface area contributed by atoms with Crippen molar-refractivity contribution in [2.75, 3.05) is 5.43 Å². The van der Waals surface area contributed by atoms with E-state index in [-0.39, 0.29) is 0 Å². The van der Waals surface area contributed by atoms with E-state index in [1.54, 1.807) is 0 Å². The van der Waals surface area contributed by atoms with Gasteiger partial charge < -0.3 is 5.43 Å². The highest BCUT2D eigenvalue weighted by Crippen LogP contribution is 2.25. The van der Waals surface area contributed by atoms with Crippen molar-refractivity contribution in [2.45, 2.75) is 33.1 Å². The first kappa shape index (κ1) is 10.1. The average molecular weight is 178 g/mol. The minimum Gasteiger partial charge on any atom is -0.324 e. The van der Waals surface area contributed by atoms with Crippen LogP contribution in [0.15, 0.2) is 18.2 Å². The summed E-state index contributed by atoms with van der Waals surface area (Å²) in [6.07, 6.45) is 1.02. The van der Waals surface area contributed by atoms with Crippen molar-refractivity contribution in [3.05, 3.63) is 29.3 Å². The third-order valence-electron chi connectivity index (χ3n) is 2.34. The van der Waals surface area contributed by atoms with E-state index in [9.17, 15) is 0 Å². The summed E-state index contributed by atoms with van der Waals surface area (Å²) in [7, 11) is 0. The molecule has 0 bridgehead atoms. The third kappa shape index (κ3) is 2.01. The standard InChI is InChI=1S/C11H18N2/c1-4-9-10(8(2)3)6-5-7-11(9)13-12/h5-8,13H,4,12H2,1-3H3. The molecule has 72 valence electrons. The Balaban J connectivity index is 3.19. The van der Waals surface area contributed by atoms with E-state index in [1.165, 1.54) is 11.1 Å². The van der Waals surface area contributed by atoms with E-state index in [1.807, 2.05) is 12.1 Å². The minimum atomic E-state index is 0.559. The van der Waals surface area contributed by atoms with E-state index in [2.05, 4.69) is 32.3 Å². The predicted molar refractivity (Wildman–Crippen MR) is 57.7 cm³/mol. The molecule has 13 heavy (non-hydrogen) atoms. The van der Waals surface area contributed by atoms with Crippen molar-refractivity contribution in [3.63, 3.8) is 0 Å². The average Bonchev–Trinajstić information content (AvgIpc) is 2.16. The van der Waals surface area contributed by atoms with Crippen LogP contribution in [0.25, 0.3) is 0 Å². The van der Waals surface area contributed by atoms with E-state index in [0.29, 0.717) is 5.92 Å². The molecule has 0 radical (unpaired) electrons. The summed E-state index contributed by atoms with van der Waals surface area (Å²) in [6, 6.07) is 6.23. The summed E-state index contributed by atoms with van der Waals surface area (Å²) in [5, 5.41) is 0. The van der Waals surface area contributed by atoms with Crippen molar-refractivity contribution < 1.29 is 0 Å². The zero-order valence-corrected chi connectivity index (χ0v) is 8.59. The normalized spacial score (nSPS) is 10.5. The Morgan fingerprint density at radius 2 is 2.08 bits per heavy atom. The van der Waals surface area contributed by atoms with Gasteiger partial charge >= 0.3 is 0 Å². The number of hydrazine groups is 1. The van der Waals surface area contributed by atoms with Gasteiger partial charge in [-0.05, 0) is 29.5 Å². The highest BCUT2D eigenvalue weighted by Gasteiger charge is 2.07. The molecule has 0 spiro atoms. The van der Waals surface area contributed by atoms with Gasteiger partial charge in [0, 0.05) is 0 Å². The van der Waals surface area contributed by atoms with Crippen LogP contribution in [0.5, 0.6) is 0 Å². The zero-order chi connectivity index (χ0) is 9.84. The summed E-state index contributed by atoms with van der Waals surface area (Å²) in [5.41, 5.74) is 6.51. The molecule has 0 fully saturated rings. The minimum absolute atomic E-state index is 0.559. The van der Waals surface area contributed by atoms with Crippen molar-refractivity contribution in [2.24, 2.45) is 5.84 Å². The van der Waals surface area contributed by atoms with Crippen LogP contribution in [0.4, 0.5) is 5.69 Å². The number of hydrogen-bond donors (Lipinski definition) is 2. The Hall–Kier alpha value is -1.02. The van der Waals surface area contributed by atoms with Crippen LogP contribution in [0.1, 0.15) is 37.8 Å². The lowest BCUT2D eigenvalue weighted by molar-refractivity contribution is 0.844. The number of nitrogens with two attached hydrogens (primary N) is 1. The zero-order valence-electron chi connectivity index (χ0n) is 8.59. The van der Waals surface area contributed by atoms with Gasteiger partial charge in [0.2, 0.25) is 0 Å². The molecular weight excluding hydrogens is 160 g/mol. The lowest BCUT2D eigenvalue weighted by Crippen LogP contribution is -2.10. The smallest absolute Gasteiger partial charge is 0.0519 e. The predicted octanol–water partition coefficient (Wildman–Crippen LogP) is 2.66. The Morgan fingerprint density at radius 1 is 1.38 bits per heavy atom. The molecule has 1 aromatic rings. The van der Waals surface area contributed by atoms with Gasteiger partial charge in [0.1, 0.15) is 0 Å². The Morgan fingerprint density at radius 3 is 2.54 bits per heavy atom.